The Balaban J connectivity index is 1.30. The van der Waals surface area contributed by atoms with Gasteiger partial charge in [0.1, 0.15) is 18.5 Å². The van der Waals surface area contributed by atoms with Crippen LogP contribution >= 0.6 is 0 Å². The van der Waals surface area contributed by atoms with Gasteiger partial charge >= 0.3 is 6.09 Å². The molecule has 0 heterocycles. The molecule has 1 aliphatic rings. The van der Waals surface area contributed by atoms with E-state index in [9.17, 15) is 28.2 Å². The number of ether oxygens (including phenoxy) is 1. The average Bonchev–Trinajstić information content (AvgIpc) is 3.13. The number of amides is 1. The molecule has 0 aromatic heterocycles. The predicted octanol–water partition coefficient (Wildman–Crippen LogP) is 4.43. The Morgan fingerprint density at radius 2 is 1.48 bits per heavy atom. The Morgan fingerprint density at radius 3 is 2.12 bits per heavy atom. The largest absolute Gasteiger partial charge is 0.449 e. The highest BCUT2D eigenvalue weighted by Crippen LogP contribution is 2.44. The van der Waals surface area contributed by atoms with E-state index in [4.69, 9.17) is 4.74 Å². The quantitative estimate of drug-likeness (QED) is 0.459. The molecule has 8 heteroatoms. The standard InChI is InChI=1S/C25H22F3NO4/c26-20-12-22(28)21(27)11-18(20)24(31)23(30)9-10-29-25(32)33-13-19-16-7-3-1-5-14(16)15-6-2-4-8-17(15)19/h1-8,11-12,19,23-24,30-31H,9-10,13H2,(H,29,32). The van der Waals surface area contributed by atoms with Gasteiger partial charge in [-0.15, -0.1) is 0 Å². The number of aliphatic hydroxyl groups excluding tert-OH is 2. The van der Waals surface area contributed by atoms with Crippen LogP contribution in [0.4, 0.5) is 18.0 Å². The van der Waals surface area contributed by atoms with Crippen LogP contribution in [0, 0.1) is 17.5 Å². The Bertz CT molecular complexity index is 1120. The summed E-state index contributed by atoms with van der Waals surface area (Å²) in [6.45, 7) is 0.0330. The monoisotopic (exact) mass is 457 g/mol. The molecule has 0 saturated heterocycles. The summed E-state index contributed by atoms with van der Waals surface area (Å²) in [5, 5.41) is 22.6. The summed E-state index contributed by atoms with van der Waals surface area (Å²) in [7, 11) is 0. The normalized spacial score (nSPS) is 14.3. The molecule has 33 heavy (non-hydrogen) atoms. The van der Waals surface area contributed by atoms with E-state index < -0.39 is 41.3 Å². The van der Waals surface area contributed by atoms with Crippen LogP contribution in [0.3, 0.4) is 0 Å². The van der Waals surface area contributed by atoms with Gasteiger partial charge in [0.25, 0.3) is 0 Å². The van der Waals surface area contributed by atoms with Crippen LogP contribution in [-0.2, 0) is 4.74 Å². The van der Waals surface area contributed by atoms with Crippen molar-refractivity contribution in [1.82, 2.24) is 5.32 Å². The zero-order valence-electron chi connectivity index (χ0n) is 17.5. The third-order valence-corrected chi connectivity index (χ3v) is 5.78. The minimum Gasteiger partial charge on any atom is -0.449 e. The number of carbonyl (C=O) groups is 1. The van der Waals surface area contributed by atoms with Crippen molar-refractivity contribution in [3.8, 4) is 11.1 Å². The second-order valence-corrected chi connectivity index (χ2v) is 7.84. The summed E-state index contributed by atoms with van der Waals surface area (Å²) in [6, 6.07) is 16.6. The number of aliphatic hydroxyl groups is 2. The lowest BCUT2D eigenvalue weighted by Gasteiger charge is -2.19. The van der Waals surface area contributed by atoms with E-state index >= 15 is 0 Å². The molecule has 2 atom stereocenters. The van der Waals surface area contributed by atoms with Gasteiger partial charge in [-0.2, -0.15) is 0 Å². The van der Waals surface area contributed by atoms with Gasteiger partial charge in [-0.3, -0.25) is 0 Å². The molecule has 0 fully saturated rings. The molecule has 1 aliphatic carbocycles. The van der Waals surface area contributed by atoms with Crippen molar-refractivity contribution in [3.63, 3.8) is 0 Å². The second kappa shape index (κ2) is 9.64. The van der Waals surface area contributed by atoms with Gasteiger partial charge < -0.3 is 20.3 Å². The van der Waals surface area contributed by atoms with Gasteiger partial charge in [0.15, 0.2) is 11.6 Å². The Kier molecular flexibility index (Phi) is 6.67. The topological polar surface area (TPSA) is 78.8 Å². The van der Waals surface area contributed by atoms with Crippen LogP contribution in [-0.4, -0.2) is 35.6 Å². The third-order valence-electron chi connectivity index (χ3n) is 5.78. The van der Waals surface area contributed by atoms with Gasteiger partial charge in [-0.05, 0) is 34.7 Å². The van der Waals surface area contributed by atoms with Crippen molar-refractivity contribution in [2.75, 3.05) is 13.2 Å². The van der Waals surface area contributed by atoms with Crippen molar-refractivity contribution >= 4 is 6.09 Å². The highest BCUT2D eigenvalue weighted by Gasteiger charge is 2.29. The van der Waals surface area contributed by atoms with Gasteiger partial charge in [-0.25, -0.2) is 18.0 Å². The average molecular weight is 457 g/mol. The molecule has 3 aromatic rings. The summed E-state index contributed by atoms with van der Waals surface area (Å²) < 4.78 is 45.5. The van der Waals surface area contributed by atoms with E-state index in [1.807, 2.05) is 48.5 Å². The molecule has 5 nitrogen and oxygen atoms in total. The second-order valence-electron chi connectivity index (χ2n) is 7.84. The molecule has 0 aliphatic heterocycles. The zero-order valence-corrected chi connectivity index (χ0v) is 17.5. The van der Waals surface area contributed by atoms with Gasteiger partial charge in [0.2, 0.25) is 0 Å². The number of nitrogens with one attached hydrogen (secondary N) is 1. The van der Waals surface area contributed by atoms with Gasteiger partial charge in [0.05, 0.1) is 6.10 Å². The van der Waals surface area contributed by atoms with Crippen molar-refractivity contribution < 1.29 is 32.9 Å². The maximum Gasteiger partial charge on any atom is 0.407 e. The lowest BCUT2D eigenvalue weighted by atomic mass is 9.98. The molecule has 0 bridgehead atoms. The molecule has 3 N–H and O–H groups in total. The lowest BCUT2D eigenvalue weighted by molar-refractivity contribution is 0.0114. The number of fused-ring (bicyclic) bond motifs is 3. The molecule has 1 amide bonds. The number of hydrogen-bond acceptors (Lipinski definition) is 4. The Labute approximate surface area is 188 Å². The van der Waals surface area contributed by atoms with Gasteiger partial charge in [-0.1, -0.05) is 48.5 Å². The van der Waals surface area contributed by atoms with Crippen molar-refractivity contribution in [2.45, 2.75) is 24.5 Å². The highest BCUT2D eigenvalue weighted by molar-refractivity contribution is 5.79. The molecular weight excluding hydrogens is 435 g/mol. The molecule has 0 radical (unpaired) electrons. The van der Waals surface area contributed by atoms with Crippen LogP contribution < -0.4 is 5.32 Å². The maximum atomic E-state index is 13.8. The lowest BCUT2D eigenvalue weighted by Crippen LogP contribution is -2.31. The fourth-order valence-corrected chi connectivity index (χ4v) is 4.10. The van der Waals surface area contributed by atoms with Crippen LogP contribution in [0.5, 0.6) is 0 Å². The van der Waals surface area contributed by atoms with Crippen molar-refractivity contribution in [1.29, 1.82) is 0 Å². The predicted molar refractivity (Wildman–Crippen MR) is 115 cm³/mol. The first-order valence-corrected chi connectivity index (χ1v) is 10.5. The van der Waals surface area contributed by atoms with Crippen LogP contribution in [0.15, 0.2) is 60.7 Å². The highest BCUT2D eigenvalue weighted by atomic mass is 19.2. The van der Waals surface area contributed by atoms with E-state index in [2.05, 4.69) is 5.32 Å². The Morgan fingerprint density at radius 1 is 0.909 bits per heavy atom. The number of hydrogen-bond donors (Lipinski definition) is 3. The minimum atomic E-state index is -1.79. The number of halogens is 3. The molecule has 0 saturated carbocycles. The maximum absolute atomic E-state index is 13.8. The van der Waals surface area contributed by atoms with E-state index in [-0.39, 0.29) is 25.5 Å². The first-order valence-electron chi connectivity index (χ1n) is 10.5. The molecular formula is C25H22F3NO4. The molecule has 2 unspecified atom stereocenters. The number of alkyl carbamates (subject to hydrolysis) is 1. The van der Waals surface area contributed by atoms with Gasteiger partial charge in [0, 0.05) is 24.1 Å². The first-order chi connectivity index (χ1) is 15.9. The fourth-order valence-electron chi connectivity index (χ4n) is 4.10. The van der Waals surface area contributed by atoms with Crippen LogP contribution in [0.2, 0.25) is 0 Å². The number of carbonyl (C=O) groups excluding carboxylic acids is 1. The SMILES string of the molecule is O=C(NCCC(O)C(O)c1cc(F)c(F)cc1F)OCC1c2ccccc2-c2ccccc21. The molecule has 4 rings (SSSR count). The van der Waals surface area contributed by atoms with Crippen LogP contribution in [0.25, 0.3) is 11.1 Å². The number of benzene rings is 3. The molecule has 0 spiro atoms. The molecule has 3 aromatic carbocycles. The smallest absolute Gasteiger partial charge is 0.407 e. The molecule has 172 valence electrons. The summed E-state index contributed by atoms with van der Waals surface area (Å²) in [5.74, 6) is -4.01. The zero-order chi connectivity index (χ0) is 23.5. The summed E-state index contributed by atoms with van der Waals surface area (Å²) in [6.07, 6.45) is -4.18. The fraction of sp³-hybridized carbons (Fsp3) is 0.240. The summed E-state index contributed by atoms with van der Waals surface area (Å²) in [4.78, 5) is 12.2. The van der Waals surface area contributed by atoms with E-state index in [0.29, 0.717) is 12.1 Å². The van der Waals surface area contributed by atoms with E-state index in [1.54, 1.807) is 0 Å². The van der Waals surface area contributed by atoms with Crippen molar-refractivity contribution in [3.05, 3.63) is 94.8 Å². The number of rotatable bonds is 7. The first kappa shape index (κ1) is 22.8. The summed E-state index contributed by atoms with van der Waals surface area (Å²) in [5.41, 5.74) is 3.77. The summed E-state index contributed by atoms with van der Waals surface area (Å²) >= 11 is 0. The Hall–Kier alpha value is -3.36. The van der Waals surface area contributed by atoms with Crippen molar-refractivity contribution in [2.24, 2.45) is 0 Å². The van der Waals surface area contributed by atoms with E-state index in [0.717, 1.165) is 22.3 Å². The minimum absolute atomic E-state index is 0.0831. The van der Waals surface area contributed by atoms with E-state index in [1.165, 1.54) is 0 Å². The van der Waals surface area contributed by atoms with Crippen LogP contribution in [0.1, 0.15) is 35.1 Å². The third kappa shape index (κ3) is 4.72.